The molecule has 2 fully saturated rings. The number of carbonyl (C=O) groups excluding carboxylic acids is 2. The highest BCUT2D eigenvalue weighted by Crippen LogP contribution is 2.60. The lowest BCUT2D eigenvalue weighted by Gasteiger charge is -2.37. The van der Waals surface area contributed by atoms with E-state index in [1.165, 1.54) is 5.19 Å². The molecule has 3 aliphatic rings. The van der Waals surface area contributed by atoms with Crippen molar-refractivity contribution in [3.05, 3.63) is 83.9 Å². The van der Waals surface area contributed by atoms with Gasteiger partial charge in [-0.3, -0.25) is 9.59 Å². The van der Waals surface area contributed by atoms with Crippen molar-refractivity contribution in [2.45, 2.75) is 69.5 Å². The fraction of sp³-hybridized carbons (Fsp3) is 0.429. The van der Waals surface area contributed by atoms with Gasteiger partial charge in [-0.05, 0) is 60.7 Å². The summed E-state index contributed by atoms with van der Waals surface area (Å²) in [4.78, 5) is 31.1. The van der Waals surface area contributed by atoms with Crippen LogP contribution in [-0.4, -0.2) is 51.4 Å². The monoisotopic (exact) mass is 598 g/mol. The van der Waals surface area contributed by atoms with E-state index in [-0.39, 0.29) is 36.0 Å². The number of methoxy groups -OCH3 is 1. The molecule has 1 N–H and O–H groups in total. The third-order valence-electron chi connectivity index (χ3n) is 10.0. The molecular formula is C35H42N2O5Si. The van der Waals surface area contributed by atoms with E-state index in [2.05, 4.69) is 32.2 Å². The lowest BCUT2D eigenvalue weighted by Crippen LogP contribution is -2.51. The first-order valence-electron chi connectivity index (χ1n) is 15.5. The molecule has 2 saturated heterocycles. The Kier molecular flexibility index (Phi) is 7.96. The zero-order valence-electron chi connectivity index (χ0n) is 25.6. The van der Waals surface area contributed by atoms with Crippen LogP contribution >= 0.6 is 0 Å². The number of nitrogens with zero attached hydrogens (tertiary/aromatic N) is 2. The van der Waals surface area contributed by atoms with E-state index >= 15 is 0 Å². The molecule has 0 radical (unpaired) electrons. The molecular weight excluding hydrogens is 556 g/mol. The Morgan fingerprint density at radius 2 is 1.79 bits per heavy atom. The van der Waals surface area contributed by atoms with Crippen LogP contribution in [0.15, 0.2) is 72.8 Å². The molecule has 0 unspecified atom stereocenters. The third-order valence-corrected chi connectivity index (χ3v) is 14.4. The second kappa shape index (κ2) is 11.6. The van der Waals surface area contributed by atoms with E-state index in [1.54, 1.807) is 7.11 Å². The number of ether oxygens (including phenoxy) is 2. The molecule has 1 spiro atoms. The zero-order valence-corrected chi connectivity index (χ0v) is 26.6. The van der Waals surface area contributed by atoms with Crippen molar-refractivity contribution in [2.75, 3.05) is 30.1 Å². The summed E-state index contributed by atoms with van der Waals surface area (Å²) in [5.74, 6) is 0.814. The summed E-state index contributed by atoms with van der Waals surface area (Å²) in [5, 5.41) is 11.4. The average molecular weight is 599 g/mol. The predicted octanol–water partition coefficient (Wildman–Crippen LogP) is 5.36. The van der Waals surface area contributed by atoms with Gasteiger partial charge in [0.15, 0.2) is 5.60 Å². The number of aliphatic hydroxyl groups is 1. The van der Waals surface area contributed by atoms with Gasteiger partial charge in [0.05, 0.1) is 33.5 Å². The molecule has 7 nitrogen and oxygen atoms in total. The van der Waals surface area contributed by atoms with Crippen LogP contribution in [0.3, 0.4) is 0 Å². The number of carbonyl (C=O) groups is 2. The van der Waals surface area contributed by atoms with E-state index < -0.39 is 13.7 Å². The van der Waals surface area contributed by atoms with Gasteiger partial charge in [0.1, 0.15) is 5.75 Å². The molecule has 3 heterocycles. The maximum Gasteiger partial charge on any atom is 0.264 e. The molecule has 8 heteroatoms. The van der Waals surface area contributed by atoms with Crippen molar-refractivity contribution in [3.63, 3.8) is 0 Å². The number of benzene rings is 3. The second-order valence-electron chi connectivity index (χ2n) is 12.7. The number of amides is 2. The molecule has 3 aliphatic heterocycles. The van der Waals surface area contributed by atoms with Crippen molar-refractivity contribution < 1.29 is 24.2 Å². The Labute approximate surface area is 255 Å². The van der Waals surface area contributed by atoms with Crippen molar-refractivity contribution in [1.29, 1.82) is 0 Å². The Hall–Kier alpha value is -3.46. The van der Waals surface area contributed by atoms with E-state index in [0.29, 0.717) is 19.4 Å². The Bertz CT molecular complexity index is 1510. The summed E-state index contributed by atoms with van der Waals surface area (Å²) in [5.41, 5.74) is 2.60. The van der Waals surface area contributed by atoms with Gasteiger partial charge in [-0.25, -0.2) is 0 Å². The van der Waals surface area contributed by atoms with Crippen LogP contribution in [-0.2, 0) is 26.5 Å². The summed E-state index contributed by atoms with van der Waals surface area (Å²) in [7, 11) is -0.549. The molecule has 226 valence electrons. The molecule has 2 amide bonds. The SMILES string of the molecule is COc1ccc([Si](C)(C)[C@H]2[C@H](CCO)O[C@]3(C(=O)N(Cc4cccc(N5CCCCC5=O)c4)c4ccccc43)[C@@H]2C)cc1. The number of anilines is 2. The third kappa shape index (κ3) is 4.89. The Morgan fingerprint density at radius 3 is 2.51 bits per heavy atom. The summed E-state index contributed by atoms with van der Waals surface area (Å²) in [6.07, 6.45) is 2.73. The van der Waals surface area contributed by atoms with E-state index in [0.717, 1.165) is 47.6 Å². The van der Waals surface area contributed by atoms with Crippen LogP contribution in [0.1, 0.15) is 43.7 Å². The van der Waals surface area contributed by atoms with Crippen LogP contribution in [0, 0.1) is 5.92 Å². The minimum atomic E-state index is -2.22. The molecule has 3 aromatic carbocycles. The first-order valence-corrected chi connectivity index (χ1v) is 18.5. The Balaban J connectivity index is 1.36. The quantitative estimate of drug-likeness (QED) is 0.354. The lowest BCUT2D eigenvalue weighted by molar-refractivity contribution is -0.146. The predicted molar refractivity (Wildman–Crippen MR) is 172 cm³/mol. The van der Waals surface area contributed by atoms with Gasteiger partial charge in [0.2, 0.25) is 5.91 Å². The first-order chi connectivity index (χ1) is 20.7. The van der Waals surface area contributed by atoms with Gasteiger partial charge >= 0.3 is 0 Å². The fourth-order valence-electron chi connectivity index (χ4n) is 7.91. The molecule has 0 bridgehead atoms. The number of piperidine rings is 1. The van der Waals surface area contributed by atoms with Crippen LogP contribution in [0.5, 0.6) is 5.75 Å². The largest absolute Gasteiger partial charge is 0.497 e. The summed E-state index contributed by atoms with van der Waals surface area (Å²) in [6, 6.07) is 24.3. The average Bonchev–Trinajstić information content (AvgIpc) is 3.44. The van der Waals surface area contributed by atoms with Crippen LogP contribution in [0.2, 0.25) is 18.6 Å². The lowest BCUT2D eigenvalue weighted by atomic mass is 9.82. The van der Waals surface area contributed by atoms with Gasteiger partial charge in [0.25, 0.3) is 5.91 Å². The van der Waals surface area contributed by atoms with Gasteiger partial charge in [-0.2, -0.15) is 0 Å². The maximum absolute atomic E-state index is 14.8. The minimum Gasteiger partial charge on any atom is -0.497 e. The fourth-order valence-corrected chi connectivity index (χ4v) is 12.0. The number of hydrogen-bond acceptors (Lipinski definition) is 5. The smallest absolute Gasteiger partial charge is 0.264 e. The van der Waals surface area contributed by atoms with Crippen molar-refractivity contribution in [3.8, 4) is 5.75 Å². The Morgan fingerprint density at radius 1 is 1.02 bits per heavy atom. The summed E-state index contributed by atoms with van der Waals surface area (Å²) in [6.45, 7) is 7.97. The number of hydrogen-bond donors (Lipinski definition) is 1. The van der Waals surface area contributed by atoms with Crippen LogP contribution in [0.25, 0.3) is 0 Å². The van der Waals surface area contributed by atoms with Crippen molar-refractivity contribution in [2.24, 2.45) is 5.92 Å². The second-order valence-corrected chi connectivity index (χ2v) is 17.4. The number of rotatable bonds is 8. The van der Waals surface area contributed by atoms with E-state index in [4.69, 9.17) is 9.47 Å². The standard InChI is InChI=1S/C35H42N2O5Si/c1-24-33(43(3,4)28-17-15-27(41-2)16-18-28)31(19-21-38)42-35(24)29-12-5-6-13-30(29)37(34(35)40)23-25-10-9-11-26(22-25)36-20-8-7-14-32(36)39/h5-6,9-13,15-18,22,24,31,33,38H,7-8,14,19-21,23H2,1-4H3/t24-,31+,33-,35-/m1/s1. The molecule has 0 aliphatic carbocycles. The summed E-state index contributed by atoms with van der Waals surface area (Å²) < 4.78 is 12.4. The van der Waals surface area contributed by atoms with Gasteiger partial charge in [-0.1, -0.05) is 67.7 Å². The molecule has 0 aromatic heterocycles. The number of fused-ring (bicyclic) bond motifs is 2. The normalized spacial score (nSPS) is 25.5. The molecule has 43 heavy (non-hydrogen) atoms. The van der Waals surface area contributed by atoms with E-state index in [1.807, 2.05) is 70.5 Å². The summed E-state index contributed by atoms with van der Waals surface area (Å²) >= 11 is 0. The van der Waals surface area contributed by atoms with Crippen LogP contribution in [0.4, 0.5) is 11.4 Å². The highest BCUT2D eigenvalue weighted by molar-refractivity contribution is 6.91. The molecule has 6 rings (SSSR count). The van der Waals surface area contributed by atoms with Gasteiger partial charge in [0, 0.05) is 36.7 Å². The van der Waals surface area contributed by atoms with Gasteiger partial charge in [-0.15, -0.1) is 0 Å². The molecule has 4 atom stereocenters. The number of aliphatic hydroxyl groups excluding tert-OH is 1. The van der Waals surface area contributed by atoms with Crippen LogP contribution < -0.4 is 19.7 Å². The molecule has 3 aromatic rings. The number of para-hydroxylation sites is 1. The highest BCUT2D eigenvalue weighted by atomic mass is 28.3. The minimum absolute atomic E-state index is 0.00137. The topological polar surface area (TPSA) is 79.3 Å². The van der Waals surface area contributed by atoms with Crippen molar-refractivity contribution >= 4 is 36.4 Å². The van der Waals surface area contributed by atoms with Crippen molar-refractivity contribution in [1.82, 2.24) is 0 Å². The van der Waals surface area contributed by atoms with E-state index in [9.17, 15) is 14.7 Å². The molecule has 0 saturated carbocycles. The zero-order chi connectivity index (χ0) is 30.4. The van der Waals surface area contributed by atoms with Gasteiger partial charge < -0.3 is 24.4 Å². The highest BCUT2D eigenvalue weighted by Gasteiger charge is 2.66. The first kappa shape index (κ1) is 29.6. The maximum atomic E-state index is 14.8.